The van der Waals surface area contributed by atoms with Crippen molar-refractivity contribution < 1.29 is 19.0 Å². The third kappa shape index (κ3) is 4.60. The van der Waals surface area contributed by atoms with Crippen molar-refractivity contribution in [2.45, 2.75) is 44.8 Å². The van der Waals surface area contributed by atoms with Gasteiger partial charge in [-0.1, -0.05) is 12.8 Å². The fraction of sp³-hybridized carbons (Fsp3) is 0.611. The molecule has 0 radical (unpaired) electrons. The molecule has 0 heterocycles. The normalized spacial score (nSPS) is 21.9. The SMILES string of the molecule is COc1ccc(F)cc1[C@H](C)NC(=O)N(C)C[C@H]1CCCC[C@@H]1O. The van der Waals surface area contributed by atoms with Crippen molar-refractivity contribution in [3.05, 3.63) is 29.6 Å². The first-order valence-electron chi connectivity index (χ1n) is 8.45. The molecule has 0 unspecified atom stereocenters. The van der Waals surface area contributed by atoms with E-state index < -0.39 is 0 Å². The van der Waals surface area contributed by atoms with E-state index in [1.807, 2.05) is 0 Å². The van der Waals surface area contributed by atoms with Crippen molar-refractivity contribution in [3.8, 4) is 5.75 Å². The van der Waals surface area contributed by atoms with E-state index in [9.17, 15) is 14.3 Å². The van der Waals surface area contributed by atoms with Crippen LogP contribution in [0.2, 0.25) is 0 Å². The van der Waals surface area contributed by atoms with Crippen LogP contribution in [0.15, 0.2) is 18.2 Å². The summed E-state index contributed by atoms with van der Waals surface area (Å²) in [6.07, 6.45) is 3.54. The van der Waals surface area contributed by atoms with Gasteiger partial charge >= 0.3 is 6.03 Å². The predicted molar refractivity (Wildman–Crippen MR) is 90.5 cm³/mol. The van der Waals surface area contributed by atoms with Crippen molar-refractivity contribution >= 4 is 6.03 Å². The molecule has 1 aromatic carbocycles. The number of nitrogens with zero attached hydrogens (tertiary/aromatic N) is 1. The van der Waals surface area contributed by atoms with Gasteiger partial charge in [0.2, 0.25) is 0 Å². The van der Waals surface area contributed by atoms with Gasteiger partial charge in [-0.15, -0.1) is 0 Å². The number of rotatable bonds is 5. The molecule has 0 saturated heterocycles. The Labute approximate surface area is 142 Å². The van der Waals surface area contributed by atoms with Gasteiger partial charge < -0.3 is 20.1 Å². The fourth-order valence-electron chi connectivity index (χ4n) is 3.25. The Balaban J connectivity index is 1.96. The topological polar surface area (TPSA) is 61.8 Å². The molecule has 1 fully saturated rings. The molecule has 1 saturated carbocycles. The van der Waals surface area contributed by atoms with Crippen LogP contribution in [0.1, 0.15) is 44.2 Å². The summed E-state index contributed by atoms with van der Waals surface area (Å²) < 4.78 is 18.7. The van der Waals surface area contributed by atoms with E-state index in [0.29, 0.717) is 17.9 Å². The molecule has 1 aromatic rings. The van der Waals surface area contributed by atoms with E-state index >= 15 is 0 Å². The van der Waals surface area contributed by atoms with Crippen LogP contribution in [-0.4, -0.2) is 42.8 Å². The van der Waals surface area contributed by atoms with Crippen LogP contribution in [0.25, 0.3) is 0 Å². The zero-order valence-corrected chi connectivity index (χ0v) is 14.6. The van der Waals surface area contributed by atoms with Gasteiger partial charge in [-0.25, -0.2) is 9.18 Å². The maximum absolute atomic E-state index is 13.5. The van der Waals surface area contributed by atoms with Gasteiger partial charge in [0.1, 0.15) is 11.6 Å². The second kappa shape index (κ2) is 8.33. The number of carbonyl (C=O) groups is 1. The smallest absolute Gasteiger partial charge is 0.317 e. The quantitative estimate of drug-likeness (QED) is 0.867. The number of methoxy groups -OCH3 is 1. The van der Waals surface area contributed by atoms with Crippen molar-refractivity contribution in [3.63, 3.8) is 0 Å². The molecule has 134 valence electrons. The van der Waals surface area contributed by atoms with E-state index in [4.69, 9.17) is 4.74 Å². The van der Waals surface area contributed by atoms with Crippen LogP contribution in [0.4, 0.5) is 9.18 Å². The number of nitrogens with one attached hydrogen (secondary N) is 1. The zero-order valence-electron chi connectivity index (χ0n) is 14.6. The summed E-state index contributed by atoms with van der Waals surface area (Å²) in [7, 11) is 3.23. The Morgan fingerprint density at radius 1 is 1.46 bits per heavy atom. The number of ether oxygens (including phenoxy) is 1. The summed E-state index contributed by atoms with van der Waals surface area (Å²) in [5, 5.41) is 12.9. The van der Waals surface area contributed by atoms with Gasteiger partial charge in [-0.2, -0.15) is 0 Å². The van der Waals surface area contributed by atoms with Gasteiger partial charge in [0.25, 0.3) is 0 Å². The Morgan fingerprint density at radius 3 is 2.83 bits per heavy atom. The minimum atomic E-state index is -0.387. The first-order chi connectivity index (χ1) is 11.4. The summed E-state index contributed by atoms with van der Waals surface area (Å²) >= 11 is 0. The van der Waals surface area contributed by atoms with Gasteiger partial charge in [0.05, 0.1) is 19.3 Å². The van der Waals surface area contributed by atoms with E-state index in [1.54, 1.807) is 24.9 Å². The zero-order chi connectivity index (χ0) is 17.7. The van der Waals surface area contributed by atoms with Crippen LogP contribution >= 0.6 is 0 Å². The molecule has 1 aliphatic rings. The van der Waals surface area contributed by atoms with Crippen LogP contribution in [-0.2, 0) is 0 Å². The molecule has 0 aromatic heterocycles. The van der Waals surface area contributed by atoms with Gasteiger partial charge in [-0.3, -0.25) is 0 Å². The Bertz CT molecular complexity index is 567. The molecule has 0 aliphatic heterocycles. The molecule has 2 N–H and O–H groups in total. The lowest BCUT2D eigenvalue weighted by atomic mass is 9.86. The lowest BCUT2D eigenvalue weighted by molar-refractivity contribution is 0.0563. The second-order valence-corrected chi connectivity index (χ2v) is 6.55. The summed E-state index contributed by atoms with van der Waals surface area (Å²) in [6, 6.07) is 3.62. The lowest BCUT2D eigenvalue weighted by Gasteiger charge is -2.31. The fourth-order valence-corrected chi connectivity index (χ4v) is 3.25. The van der Waals surface area contributed by atoms with Crippen molar-refractivity contribution in [2.24, 2.45) is 5.92 Å². The molecule has 0 spiro atoms. The highest BCUT2D eigenvalue weighted by Crippen LogP contribution is 2.27. The molecule has 3 atom stereocenters. The number of urea groups is 1. The molecule has 24 heavy (non-hydrogen) atoms. The average molecular weight is 338 g/mol. The highest BCUT2D eigenvalue weighted by atomic mass is 19.1. The number of halogens is 1. The Kier molecular flexibility index (Phi) is 6.43. The molecule has 5 nitrogen and oxygen atoms in total. The number of carbonyl (C=O) groups excluding carboxylic acids is 1. The molecule has 2 rings (SSSR count). The van der Waals surface area contributed by atoms with Gasteiger partial charge in [0, 0.05) is 25.1 Å². The summed E-state index contributed by atoms with van der Waals surface area (Å²) in [5.74, 6) is 0.286. The van der Waals surface area contributed by atoms with Crippen LogP contribution in [0.5, 0.6) is 5.75 Å². The van der Waals surface area contributed by atoms with E-state index in [-0.39, 0.29) is 29.9 Å². The lowest BCUT2D eigenvalue weighted by Crippen LogP contribution is -2.43. The van der Waals surface area contributed by atoms with Crippen LogP contribution in [0.3, 0.4) is 0 Å². The molecule has 2 amide bonds. The number of aliphatic hydroxyl groups is 1. The van der Waals surface area contributed by atoms with E-state index in [1.165, 1.54) is 19.2 Å². The van der Waals surface area contributed by atoms with E-state index in [0.717, 1.165) is 25.7 Å². The van der Waals surface area contributed by atoms with Crippen LogP contribution in [0, 0.1) is 11.7 Å². The van der Waals surface area contributed by atoms with Crippen molar-refractivity contribution in [2.75, 3.05) is 20.7 Å². The molecule has 0 bridgehead atoms. The third-order valence-corrected chi connectivity index (χ3v) is 4.72. The number of benzene rings is 1. The van der Waals surface area contributed by atoms with Gasteiger partial charge in [0.15, 0.2) is 0 Å². The largest absolute Gasteiger partial charge is 0.496 e. The highest BCUT2D eigenvalue weighted by Gasteiger charge is 2.26. The predicted octanol–water partition coefficient (Wildman–Crippen LogP) is 3.09. The Morgan fingerprint density at radius 2 is 2.17 bits per heavy atom. The first-order valence-corrected chi connectivity index (χ1v) is 8.45. The molecule has 1 aliphatic carbocycles. The minimum Gasteiger partial charge on any atom is -0.496 e. The maximum atomic E-state index is 13.5. The molecule has 6 heteroatoms. The summed E-state index contributed by atoms with van der Waals surface area (Å²) in [4.78, 5) is 14.0. The number of hydrogen-bond donors (Lipinski definition) is 2. The third-order valence-electron chi connectivity index (χ3n) is 4.72. The number of aliphatic hydroxyl groups excluding tert-OH is 1. The van der Waals surface area contributed by atoms with Crippen molar-refractivity contribution in [1.29, 1.82) is 0 Å². The minimum absolute atomic E-state index is 0.119. The average Bonchev–Trinajstić information content (AvgIpc) is 2.56. The maximum Gasteiger partial charge on any atom is 0.317 e. The number of hydrogen-bond acceptors (Lipinski definition) is 3. The summed E-state index contributed by atoms with van der Waals surface area (Å²) in [5.41, 5.74) is 0.594. The van der Waals surface area contributed by atoms with Crippen molar-refractivity contribution in [1.82, 2.24) is 10.2 Å². The summed E-state index contributed by atoms with van der Waals surface area (Å²) in [6.45, 7) is 2.30. The Hall–Kier alpha value is -1.82. The standard InChI is InChI=1S/C18H27FN2O3/c1-12(15-10-14(19)8-9-17(15)24-3)20-18(23)21(2)11-13-6-4-5-7-16(13)22/h8-10,12-13,16,22H,4-7,11H2,1-3H3,(H,20,23)/t12-,13+,16-/m0/s1. The highest BCUT2D eigenvalue weighted by molar-refractivity contribution is 5.74. The first kappa shape index (κ1) is 18.5. The van der Waals surface area contributed by atoms with Crippen LogP contribution < -0.4 is 10.1 Å². The monoisotopic (exact) mass is 338 g/mol. The second-order valence-electron chi connectivity index (χ2n) is 6.55. The molecular formula is C18H27FN2O3. The number of amides is 2. The van der Waals surface area contributed by atoms with Gasteiger partial charge in [-0.05, 0) is 38.0 Å². The van der Waals surface area contributed by atoms with E-state index in [2.05, 4.69) is 5.32 Å². The molecular weight excluding hydrogens is 311 g/mol.